The zero-order chi connectivity index (χ0) is 18.4. The lowest BCUT2D eigenvalue weighted by molar-refractivity contribution is -0.384. The molecule has 2 aliphatic rings. The van der Waals surface area contributed by atoms with Gasteiger partial charge in [0.05, 0.1) is 11.5 Å². The molecule has 0 N–H and O–H groups in total. The van der Waals surface area contributed by atoms with Crippen LogP contribution in [0, 0.1) is 0 Å². The maximum Gasteiger partial charge on any atom is 0.292 e. The number of benzene rings is 1. The second-order valence-corrected chi connectivity index (χ2v) is 7.72. The number of carbonyl (C=O) groups is 1. The highest BCUT2D eigenvalue weighted by atomic mass is 32.2. The van der Waals surface area contributed by atoms with Gasteiger partial charge in [-0.3, -0.25) is 4.79 Å². The molecule has 0 bridgehead atoms. The van der Waals surface area contributed by atoms with E-state index >= 15 is 0 Å². The number of allylic oxidation sites excluding steroid dienone is 2. The van der Waals surface area contributed by atoms with E-state index in [0.29, 0.717) is 15.8 Å². The maximum atomic E-state index is 12.2. The van der Waals surface area contributed by atoms with Gasteiger partial charge in [-0.15, -0.1) is 10.1 Å². The Morgan fingerprint density at radius 3 is 2.65 bits per heavy atom. The number of hydrogen-bond acceptors (Lipinski definition) is 6. The number of amides is 1. The summed E-state index contributed by atoms with van der Waals surface area (Å²) in [6.45, 7) is 4.64. The van der Waals surface area contributed by atoms with E-state index < -0.39 is 0 Å². The normalized spacial score (nSPS) is 19.5. The molecule has 3 rings (SSSR count). The highest BCUT2D eigenvalue weighted by molar-refractivity contribution is 8.26. The van der Waals surface area contributed by atoms with E-state index in [0.717, 1.165) is 30.1 Å². The summed E-state index contributed by atoms with van der Waals surface area (Å²) in [7, 11) is 0. The Labute approximate surface area is 163 Å². The largest absolute Gasteiger partial charge is 0.372 e. The highest BCUT2D eigenvalue weighted by Gasteiger charge is 2.34. The van der Waals surface area contributed by atoms with Gasteiger partial charge in [0.15, 0.2) is 4.32 Å². The fraction of sp³-hybridized carbons (Fsp3) is 0.368. The lowest BCUT2D eigenvalue weighted by Gasteiger charge is -2.17. The third-order valence-corrected chi connectivity index (χ3v) is 5.36. The Morgan fingerprint density at radius 1 is 1.23 bits per heavy atom. The van der Waals surface area contributed by atoms with Crippen molar-refractivity contribution in [1.82, 2.24) is 5.06 Å². The van der Waals surface area contributed by atoms with Crippen molar-refractivity contribution < 1.29 is 14.7 Å². The molecule has 26 heavy (non-hydrogen) atoms. The number of hydroxylamine groups is 2. The average Bonchev–Trinajstić information content (AvgIpc) is 3.27. The lowest BCUT2D eigenvalue weighted by Crippen LogP contribution is -2.28. The van der Waals surface area contributed by atoms with Gasteiger partial charge in [-0.25, -0.2) is 4.89 Å². The topological polar surface area (TPSA) is 42.0 Å². The first-order chi connectivity index (χ1) is 12.7. The smallest absolute Gasteiger partial charge is 0.292 e. The Morgan fingerprint density at radius 2 is 1.96 bits per heavy atom. The molecule has 2 fully saturated rings. The van der Waals surface area contributed by atoms with Crippen LogP contribution >= 0.6 is 24.0 Å². The number of rotatable bonds is 7. The highest BCUT2D eigenvalue weighted by Crippen LogP contribution is 2.31. The molecule has 1 aromatic carbocycles. The van der Waals surface area contributed by atoms with E-state index in [1.54, 1.807) is 6.08 Å². The summed E-state index contributed by atoms with van der Waals surface area (Å²) >= 11 is 6.35. The van der Waals surface area contributed by atoms with Gasteiger partial charge < -0.3 is 4.90 Å². The number of thioether (sulfide) groups is 1. The lowest BCUT2D eigenvalue weighted by atomic mass is 10.2. The Kier molecular flexibility index (Phi) is 6.85. The van der Waals surface area contributed by atoms with Gasteiger partial charge >= 0.3 is 0 Å². The number of anilines is 1. The Bertz CT molecular complexity index is 710. The Balaban J connectivity index is 1.58. The van der Waals surface area contributed by atoms with Gasteiger partial charge in [-0.2, -0.15) is 0 Å². The molecule has 2 saturated heterocycles. The summed E-state index contributed by atoms with van der Waals surface area (Å²) in [5, 5.41) is 1.01. The molecule has 5 nitrogen and oxygen atoms in total. The second kappa shape index (κ2) is 9.32. The predicted molar refractivity (Wildman–Crippen MR) is 109 cm³/mol. The molecule has 0 unspecified atom stereocenters. The summed E-state index contributed by atoms with van der Waals surface area (Å²) < 4.78 is 0.334. The molecule has 7 heteroatoms. The third-order valence-electron chi connectivity index (χ3n) is 4.07. The molecular formula is C19H22N2O3S2. The van der Waals surface area contributed by atoms with Crippen LogP contribution in [0.25, 0.3) is 6.08 Å². The van der Waals surface area contributed by atoms with Crippen molar-refractivity contribution in [3.05, 3.63) is 46.9 Å². The van der Waals surface area contributed by atoms with Crippen LogP contribution in [0.2, 0.25) is 0 Å². The van der Waals surface area contributed by atoms with Crippen LogP contribution in [0.4, 0.5) is 5.69 Å². The molecular weight excluding hydrogens is 368 g/mol. The summed E-state index contributed by atoms with van der Waals surface area (Å²) in [5.41, 5.74) is 2.35. The quantitative estimate of drug-likeness (QED) is 0.227. The van der Waals surface area contributed by atoms with Gasteiger partial charge in [0.25, 0.3) is 5.91 Å². The van der Waals surface area contributed by atoms with Gasteiger partial charge in [0.2, 0.25) is 0 Å². The maximum absolute atomic E-state index is 12.2. The third kappa shape index (κ3) is 4.73. The fourth-order valence-electron chi connectivity index (χ4n) is 2.72. The summed E-state index contributed by atoms with van der Waals surface area (Å²) in [5.74, 6) is -0.301. The van der Waals surface area contributed by atoms with E-state index in [9.17, 15) is 4.79 Å². The van der Waals surface area contributed by atoms with Crippen molar-refractivity contribution >= 4 is 46.0 Å². The number of nitrogens with zero attached hydrogens (tertiary/aromatic N) is 2. The zero-order valence-corrected chi connectivity index (χ0v) is 16.4. The van der Waals surface area contributed by atoms with E-state index in [-0.39, 0.29) is 5.91 Å². The van der Waals surface area contributed by atoms with Crippen LogP contribution in [0.3, 0.4) is 0 Å². The SMILES string of the molecule is CCCOON1C(=O)/C(=C/C=C/c2ccc(N3CCCC3)cc2)SC1=S. The first-order valence-electron chi connectivity index (χ1n) is 8.78. The van der Waals surface area contributed by atoms with Crippen molar-refractivity contribution in [1.29, 1.82) is 0 Å². The van der Waals surface area contributed by atoms with Crippen molar-refractivity contribution in [2.45, 2.75) is 26.2 Å². The minimum atomic E-state index is -0.301. The number of carbonyl (C=O) groups excluding carboxylic acids is 1. The predicted octanol–water partition coefficient (Wildman–Crippen LogP) is 4.32. The first kappa shape index (κ1) is 19.1. The molecule has 2 aliphatic heterocycles. The van der Waals surface area contributed by atoms with E-state index in [2.05, 4.69) is 29.2 Å². The molecule has 0 radical (unpaired) electrons. The van der Waals surface area contributed by atoms with Crippen molar-refractivity contribution in [3.63, 3.8) is 0 Å². The molecule has 0 aliphatic carbocycles. The van der Waals surface area contributed by atoms with Gasteiger partial charge in [-0.1, -0.05) is 43.0 Å². The summed E-state index contributed by atoms with van der Waals surface area (Å²) in [6.07, 6.45) is 8.90. The van der Waals surface area contributed by atoms with Crippen LogP contribution in [0.15, 0.2) is 41.3 Å². The van der Waals surface area contributed by atoms with Crippen LogP contribution in [-0.4, -0.2) is 35.0 Å². The molecule has 138 valence electrons. The zero-order valence-electron chi connectivity index (χ0n) is 14.7. The van der Waals surface area contributed by atoms with Crippen molar-refractivity contribution in [3.8, 4) is 0 Å². The molecule has 0 aromatic heterocycles. The summed E-state index contributed by atoms with van der Waals surface area (Å²) in [6, 6.07) is 8.46. The van der Waals surface area contributed by atoms with Gasteiger partial charge in [0, 0.05) is 18.8 Å². The van der Waals surface area contributed by atoms with Gasteiger partial charge in [0.1, 0.15) is 0 Å². The van der Waals surface area contributed by atoms with E-state index in [1.807, 2.05) is 19.1 Å². The minimum absolute atomic E-state index is 0.301. The monoisotopic (exact) mass is 390 g/mol. The Hall–Kier alpha value is -1.67. The molecule has 0 saturated carbocycles. The number of thiocarbonyl (C=S) groups is 1. The number of hydrogen-bond donors (Lipinski definition) is 0. The second-order valence-electron chi connectivity index (χ2n) is 6.04. The van der Waals surface area contributed by atoms with Crippen LogP contribution in [0.5, 0.6) is 0 Å². The standard InChI is InChI=1S/C19H22N2O3S2/c1-2-14-23-24-21-18(22)17(26-19(21)25)7-5-6-15-8-10-16(11-9-15)20-12-3-4-13-20/h5-11H,2-4,12-14H2,1H3/b6-5+,17-7-. The van der Waals surface area contributed by atoms with E-state index in [1.165, 1.54) is 30.3 Å². The molecule has 2 heterocycles. The van der Waals surface area contributed by atoms with Gasteiger partial charge in [-0.05, 0) is 55.3 Å². The van der Waals surface area contributed by atoms with Crippen LogP contribution < -0.4 is 4.90 Å². The molecule has 0 atom stereocenters. The van der Waals surface area contributed by atoms with Crippen LogP contribution in [0.1, 0.15) is 31.7 Å². The minimum Gasteiger partial charge on any atom is -0.372 e. The molecule has 0 spiro atoms. The van der Waals surface area contributed by atoms with Crippen molar-refractivity contribution in [2.75, 3.05) is 24.6 Å². The molecule has 1 amide bonds. The fourth-order valence-corrected chi connectivity index (χ4v) is 3.81. The average molecular weight is 391 g/mol. The van der Waals surface area contributed by atoms with E-state index in [4.69, 9.17) is 22.1 Å². The molecule has 1 aromatic rings. The van der Waals surface area contributed by atoms with Crippen molar-refractivity contribution in [2.24, 2.45) is 0 Å². The summed E-state index contributed by atoms with van der Waals surface area (Å²) in [4.78, 5) is 25.1. The first-order valence-corrected chi connectivity index (χ1v) is 10.0. The van der Waals surface area contributed by atoms with Crippen LogP contribution in [-0.2, 0) is 14.7 Å².